The Morgan fingerprint density at radius 3 is 0.984 bits per heavy atom. The predicted octanol–water partition coefficient (Wildman–Crippen LogP) is 10.7. The normalized spacial score (nSPS) is 13.2. The summed E-state index contributed by atoms with van der Waals surface area (Å²) in [7, 11) is -6.28. The summed E-state index contributed by atoms with van der Waals surface area (Å²) in [6.45, 7) is 14.6. The van der Waals surface area contributed by atoms with Gasteiger partial charge in [0, 0.05) is 21.7 Å². The van der Waals surface area contributed by atoms with Crippen molar-refractivity contribution in [1.29, 1.82) is 0 Å². The minimum Gasteiger partial charge on any atom is -0.395 e. The van der Waals surface area contributed by atoms with Gasteiger partial charge in [0.05, 0.1) is 25.2 Å². The van der Waals surface area contributed by atoms with E-state index in [1.807, 2.05) is 121 Å². The molecule has 8 nitrogen and oxygen atoms in total. The van der Waals surface area contributed by atoms with E-state index in [1.165, 1.54) is 0 Å². The van der Waals surface area contributed by atoms with Crippen molar-refractivity contribution >= 4 is 17.2 Å². The van der Waals surface area contributed by atoms with Crippen LogP contribution in [0.1, 0.15) is 111 Å². The van der Waals surface area contributed by atoms with Crippen molar-refractivity contribution in [2.75, 3.05) is 19.8 Å². The minimum atomic E-state index is -3.27. The van der Waals surface area contributed by atoms with Crippen LogP contribution in [0.3, 0.4) is 0 Å². The Morgan fingerprint density at radius 2 is 0.698 bits per heavy atom. The van der Waals surface area contributed by atoms with Gasteiger partial charge in [-0.2, -0.15) is 0 Å². The van der Waals surface area contributed by atoms with Gasteiger partial charge in [-0.3, -0.25) is 4.52 Å². The zero-order chi connectivity index (χ0) is 45.8. The Bertz CT molecular complexity index is 2260. The maximum atomic E-state index is 11.9. The molecule has 0 saturated carbocycles. The molecule has 0 unspecified atom stereocenters. The average Bonchev–Trinajstić information content (AvgIpc) is 3.29. The highest BCUT2D eigenvalue weighted by atomic mass is 31.2. The molecule has 63 heavy (non-hydrogen) atoms. The smallest absolute Gasteiger partial charge is 0.328 e. The molecule has 6 aromatic rings. The number of rotatable bonds is 18. The third kappa shape index (κ3) is 9.23. The Hall–Kier alpha value is -4.14. The fraction of sp³-hybridized carbons (Fsp3) is 0.321. The van der Waals surface area contributed by atoms with Gasteiger partial charge >= 0.3 is 17.2 Å². The lowest BCUT2D eigenvalue weighted by Gasteiger charge is -2.52. The lowest BCUT2D eigenvalue weighted by molar-refractivity contribution is -0.122. The molecule has 0 saturated heterocycles. The maximum absolute atomic E-state index is 11.9. The van der Waals surface area contributed by atoms with Gasteiger partial charge in [-0.05, 0) is 55.6 Å². The molecule has 0 amide bonds. The number of hydrogen-bond donors (Lipinski definition) is 6. The summed E-state index contributed by atoms with van der Waals surface area (Å²) in [4.78, 5) is 43.5. The van der Waals surface area contributed by atoms with Gasteiger partial charge in [-0.25, -0.2) is 0 Å². The monoisotopic (exact) mass is 888 g/mol. The van der Waals surface area contributed by atoms with Crippen LogP contribution in [-0.2, 0) is 36.3 Å². The van der Waals surface area contributed by atoms with Gasteiger partial charge in [-0.1, -0.05) is 213 Å². The van der Waals surface area contributed by atoms with E-state index in [0.717, 1.165) is 33.4 Å². The highest BCUT2D eigenvalue weighted by molar-refractivity contribution is 7.39. The number of aliphatic hydroxyl groups is 2. The summed E-state index contributed by atoms with van der Waals surface area (Å²) in [5.74, 6) is 0. The summed E-state index contributed by atoms with van der Waals surface area (Å²) < 4.78 is 12.4. The fourth-order valence-corrected chi connectivity index (χ4v) is 10.3. The van der Waals surface area contributed by atoms with Crippen molar-refractivity contribution in [1.82, 2.24) is 0 Å². The number of benzene rings is 6. The molecular formula is C53H62O8P2. The Labute approximate surface area is 375 Å². The highest BCUT2D eigenvalue weighted by Crippen LogP contribution is 2.60. The zero-order valence-corrected chi connectivity index (χ0v) is 39.3. The van der Waals surface area contributed by atoms with E-state index in [0.29, 0.717) is 22.3 Å². The first-order valence-electron chi connectivity index (χ1n) is 21.2. The maximum Gasteiger partial charge on any atom is 0.328 e. The Balaban J connectivity index is 1.85. The lowest BCUT2D eigenvalue weighted by Crippen LogP contribution is -2.57. The second-order valence-corrected chi connectivity index (χ2v) is 20.1. The summed E-state index contributed by atoms with van der Waals surface area (Å²) in [6, 6.07) is 52.3. The highest BCUT2D eigenvalue weighted by Gasteiger charge is 2.60. The average molecular weight is 889 g/mol. The molecule has 332 valence electrons. The van der Waals surface area contributed by atoms with E-state index < -0.39 is 69.7 Å². The third-order valence-corrected chi connectivity index (χ3v) is 14.4. The number of aliphatic hydroxyl groups excluding tert-OH is 2. The molecule has 0 aliphatic rings. The van der Waals surface area contributed by atoms with Crippen LogP contribution < -0.4 is 0 Å². The van der Waals surface area contributed by atoms with Crippen molar-refractivity contribution in [3.63, 3.8) is 0 Å². The molecule has 0 aliphatic heterocycles. The molecule has 10 heteroatoms. The molecule has 0 fully saturated rings. The molecule has 6 N–H and O–H groups in total. The van der Waals surface area contributed by atoms with Crippen molar-refractivity contribution in [2.24, 2.45) is 5.41 Å². The molecule has 0 heterocycles. The van der Waals surface area contributed by atoms with Crippen LogP contribution in [-0.4, -0.2) is 49.6 Å². The van der Waals surface area contributed by atoms with E-state index in [9.17, 15) is 29.8 Å². The topological polar surface area (TPSA) is 140 Å². The van der Waals surface area contributed by atoms with Crippen LogP contribution in [0, 0.1) is 5.41 Å². The molecular weight excluding hydrogens is 827 g/mol. The van der Waals surface area contributed by atoms with E-state index >= 15 is 0 Å². The molecule has 0 aromatic heterocycles. The van der Waals surface area contributed by atoms with Gasteiger partial charge in [0.25, 0.3) is 0 Å². The van der Waals surface area contributed by atoms with Gasteiger partial charge in [0.2, 0.25) is 0 Å². The van der Waals surface area contributed by atoms with Crippen LogP contribution in [0.25, 0.3) is 0 Å². The minimum absolute atomic E-state index is 0.423. The van der Waals surface area contributed by atoms with Crippen LogP contribution >= 0.6 is 17.2 Å². The SMILES string of the molecule is CC(C)(c1ccccc1)c1ccc(C(OP(O)O)(c2ccc(C(C)(C)c3ccccc3)cc2C(C)(C)c2ccccc2)C(CO)(CO)COP(O)O)c(C(C)(C)c2ccccc2)c1. The van der Waals surface area contributed by atoms with Crippen LogP contribution in [0.4, 0.5) is 0 Å². The first-order chi connectivity index (χ1) is 29.8. The van der Waals surface area contributed by atoms with Gasteiger partial charge in [0.15, 0.2) is 0 Å². The van der Waals surface area contributed by atoms with Crippen molar-refractivity contribution in [3.8, 4) is 0 Å². The quantitative estimate of drug-likeness (QED) is 0.0469. The standard InChI is InChI=1S/C53H62O8P2/c1-48(2,38-21-13-9-14-22-38)42-29-31-44(46(33-42)50(5,6)40-25-17-11-18-26-40)53(61-63(58)59,52(35-54,36-55)37-60-62(56)57)45-32-30-43(49(3,4)39-23-15-10-16-24-39)34-47(45)51(7,8)41-27-19-12-20-28-41/h9-34,54-59H,35-37H2,1-8H3. The van der Waals surface area contributed by atoms with Crippen molar-refractivity contribution in [3.05, 3.63) is 213 Å². The van der Waals surface area contributed by atoms with Crippen LogP contribution in [0.2, 0.25) is 0 Å². The second kappa shape index (κ2) is 19.1. The van der Waals surface area contributed by atoms with E-state index in [2.05, 4.69) is 91.8 Å². The largest absolute Gasteiger partial charge is 0.395 e. The summed E-state index contributed by atoms with van der Waals surface area (Å²) in [5, 5.41) is 23.8. The number of hydrogen-bond acceptors (Lipinski definition) is 8. The Kier molecular flexibility index (Phi) is 14.7. The Morgan fingerprint density at radius 1 is 0.381 bits per heavy atom. The summed E-state index contributed by atoms with van der Waals surface area (Å²) in [5.41, 5.74) is 1.39. The van der Waals surface area contributed by atoms with E-state index in [4.69, 9.17) is 9.05 Å². The second-order valence-electron chi connectivity index (χ2n) is 18.6. The molecule has 6 rings (SSSR count). The van der Waals surface area contributed by atoms with Crippen LogP contribution in [0.5, 0.6) is 0 Å². The van der Waals surface area contributed by atoms with Crippen molar-refractivity contribution in [2.45, 2.75) is 82.7 Å². The van der Waals surface area contributed by atoms with Crippen molar-refractivity contribution < 1.29 is 38.8 Å². The van der Waals surface area contributed by atoms with E-state index in [1.54, 1.807) is 0 Å². The van der Waals surface area contributed by atoms with Gasteiger partial charge in [-0.15, -0.1) is 0 Å². The fourth-order valence-electron chi connectivity index (χ4n) is 9.26. The van der Waals surface area contributed by atoms with Crippen LogP contribution in [0.15, 0.2) is 158 Å². The third-order valence-electron chi connectivity index (χ3n) is 13.6. The zero-order valence-electron chi connectivity index (χ0n) is 37.5. The first kappa shape index (κ1) is 48.3. The molecule has 6 aromatic carbocycles. The summed E-state index contributed by atoms with van der Waals surface area (Å²) in [6.07, 6.45) is 0. The first-order valence-corrected chi connectivity index (χ1v) is 23.6. The molecule has 0 aliphatic carbocycles. The molecule has 0 atom stereocenters. The molecule has 0 radical (unpaired) electrons. The van der Waals surface area contributed by atoms with Gasteiger partial charge < -0.3 is 34.3 Å². The molecule has 0 bridgehead atoms. The summed E-state index contributed by atoms with van der Waals surface area (Å²) >= 11 is 0. The van der Waals surface area contributed by atoms with E-state index in [-0.39, 0.29) is 0 Å². The lowest BCUT2D eigenvalue weighted by atomic mass is 9.58. The van der Waals surface area contributed by atoms with Gasteiger partial charge in [0.1, 0.15) is 5.60 Å². The predicted molar refractivity (Wildman–Crippen MR) is 254 cm³/mol. The molecule has 0 spiro atoms.